The van der Waals surface area contributed by atoms with Gasteiger partial charge in [0.05, 0.1) is 17.8 Å². The van der Waals surface area contributed by atoms with Crippen molar-refractivity contribution < 1.29 is 19.4 Å². The molecule has 0 amide bonds. The first-order chi connectivity index (χ1) is 9.69. The number of ether oxygens (including phenoxy) is 2. The number of aromatic nitrogens is 1. The highest BCUT2D eigenvalue weighted by Gasteiger charge is 2.41. The predicted molar refractivity (Wildman–Crippen MR) is 74.2 cm³/mol. The first-order valence-electron chi connectivity index (χ1n) is 6.75. The molecule has 2 saturated heterocycles. The zero-order valence-electron chi connectivity index (χ0n) is 11.1. The van der Waals surface area contributed by atoms with Crippen LogP contribution >= 0.6 is 11.8 Å². The quantitative estimate of drug-likeness (QED) is 0.922. The summed E-state index contributed by atoms with van der Waals surface area (Å²) in [6.07, 6.45) is 4.38. The third-order valence-electron chi connectivity index (χ3n) is 3.79. The summed E-state index contributed by atoms with van der Waals surface area (Å²) in [5.41, 5.74) is 0.120. The van der Waals surface area contributed by atoms with Gasteiger partial charge in [0.2, 0.25) is 0 Å². The van der Waals surface area contributed by atoms with Crippen LogP contribution in [0.3, 0.4) is 0 Å². The van der Waals surface area contributed by atoms with E-state index in [9.17, 15) is 9.90 Å². The Morgan fingerprint density at radius 3 is 3.15 bits per heavy atom. The Bertz CT molecular complexity index is 502. The van der Waals surface area contributed by atoms with E-state index in [-0.39, 0.29) is 11.2 Å². The Kier molecular flexibility index (Phi) is 3.96. The molecule has 2 aliphatic heterocycles. The van der Waals surface area contributed by atoms with Gasteiger partial charge < -0.3 is 14.6 Å². The summed E-state index contributed by atoms with van der Waals surface area (Å²) < 4.78 is 11.4. The number of carboxylic acid groups (broad SMARTS) is 1. The molecular weight excluding hydrogens is 278 g/mol. The van der Waals surface area contributed by atoms with Crippen LogP contribution < -0.4 is 0 Å². The fraction of sp³-hybridized carbons (Fsp3) is 0.571. The van der Waals surface area contributed by atoms with Gasteiger partial charge in [-0.1, -0.05) is 0 Å². The lowest BCUT2D eigenvalue weighted by Gasteiger charge is -2.36. The molecule has 0 aromatic carbocycles. The molecule has 0 radical (unpaired) electrons. The molecule has 0 saturated carbocycles. The van der Waals surface area contributed by atoms with Gasteiger partial charge >= 0.3 is 5.97 Å². The zero-order valence-corrected chi connectivity index (χ0v) is 11.9. The molecule has 3 heterocycles. The van der Waals surface area contributed by atoms with Gasteiger partial charge in [0, 0.05) is 31.1 Å². The molecule has 108 valence electrons. The standard InChI is InChI=1S/C14H17NO4S/c16-13(17)11-2-1-5-15-12(11)20-10-3-6-19-14(8-10)4-7-18-9-14/h1-2,5,10H,3-4,6-9H2,(H,16,17). The van der Waals surface area contributed by atoms with Crippen LogP contribution in [0.2, 0.25) is 0 Å². The van der Waals surface area contributed by atoms with E-state index in [1.165, 1.54) is 0 Å². The summed E-state index contributed by atoms with van der Waals surface area (Å²) >= 11 is 1.55. The van der Waals surface area contributed by atoms with E-state index in [0.29, 0.717) is 23.5 Å². The number of pyridine rings is 1. The van der Waals surface area contributed by atoms with Crippen molar-refractivity contribution in [3.05, 3.63) is 23.9 Å². The van der Waals surface area contributed by atoms with Gasteiger partial charge in [-0.2, -0.15) is 0 Å². The minimum absolute atomic E-state index is 0.159. The Hall–Kier alpha value is -1.11. The maximum Gasteiger partial charge on any atom is 0.338 e. The number of rotatable bonds is 3. The third-order valence-corrected chi connectivity index (χ3v) is 5.08. The van der Waals surface area contributed by atoms with Crippen LogP contribution in [0, 0.1) is 0 Å². The molecule has 1 N–H and O–H groups in total. The largest absolute Gasteiger partial charge is 0.478 e. The van der Waals surface area contributed by atoms with Crippen molar-refractivity contribution in [2.75, 3.05) is 19.8 Å². The summed E-state index contributed by atoms with van der Waals surface area (Å²) in [6.45, 7) is 2.11. The molecule has 1 aromatic rings. The van der Waals surface area contributed by atoms with Gasteiger partial charge in [-0.05, 0) is 25.0 Å². The molecule has 2 atom stereocenters. The van der Waals surface area contributed by atoms with Crippen molar-refractivity contribution in [2.45, 2.75) is 35.1 Å². The van der Waals surface area contributed by atoms with Crippen molar-refractivity contribution in [3.63, 3.8) is 0 Å². The third kappa shape index (κ3) is 2.82. The smallest absolute Gasteiger partial charge is 0.338 e. The first-order valence-corrected chi connectivity index (χ1v) is 7.63. The fourth-order valence-corrected chi connectivity index (χ4v) is 4.07. The molecule has 20 heavy (non-hydrogen) atoms. The van der Waals surface area contributed by atoms with Crippen molar-refractivity contribution in [1.29, 1.82) is 0 Å². The maximum absolute atomic E-state index is 11.2. The van der Waals surface area contributed by atoms with E-state index >= 15 is 0 Å². The molecule has 3 rings (SSSR count). The topological polar surface area (TPSA) is 68.7 Å². The van der Waals surface area contributed by atoms with E-state index in [1.807, 2.05) is 0 Å². The highest BCUT2D eigenvalue weighted by atomic mass is 32.2. The van der Waals surface area contributed by atoms with Crippen LogP contribution in [0.5, 0.6) is 0 Å². The van der Waals surface area contributed by atoms with Crippen LogP contribution in [0.15, 0.2) is 23.4 Å². The zero-order chi connectivity index (χ0) is 14.0. The molecule has 1 spiro atoms. The van der Waals surface area contributed by atoms with E-state index < -0.39 is 5.97 Å². The van der Waals surface area contributed by atoms with E-state index in [4.69, 9.17) is 9.47 Å². The number of carbonyl (C=O) groups is 1. The lowest BCUT2D eigenvalue weighted by molar-refractivity contribution is -0.0769. The minimum atomic E-state index is -0.924. The highest BCUT2D eigenvalue weighted by molar-refractivity contribution is 7.99. The lowest BCUT2D eigenvalue weighted by atomic mass is 9.93. The average Bonchev–Trinajstić information content (AvgIpc) is 2.87. The number of hydrogen-bond donors (Lipinski definition) is 1. The summed E-state index contributed by atoms with van der Waals surface area (Å²) in [4.78, 5) is 15.4. The van der Waals surface area contributed by atoms with Crippen LogP contribution in [0.25, 0.3) is 0 Å². The van der Waals surface area contributed by atoms with Crippen molar-refractivity contribution >= 4 is 17.7 Å². The summed E-state index contributed by atoms with van der Waals surface area (Å²) in [6, 6.07) is 3.26. The number of hydrogen-bond acceptors (Lipinski definition) is 5. The summed E-state index contributed by atoms with van der Waals surface area (Å²) in [5, 5.41) is 10.1. The Labute approximate surface area is 121 Å². The number of thioether (sulfide) groups is 1. The lowest BCUT2D eigenvalue weighted by Crippen LogP contribution is -2.41. The second kappa shape index (κ2) is 5.71. The van der Waals surface area contributed by atoms with Crippen molar-refractivity contribution in [1.82, 2.24) is 4.98 Å². The second-order valence-corrected chi connectivity index (χ2v) is 6.52. The molecule has 2 unspecified atom stereocenters. The SMILES string of the molecule is O=C(O)c1cccnc1SC1CCOC2(CCOC2)C1. The highest BCUT2D eigenvalue weighted by Crippen LogP contribution is 2.40. The Morgan fingerprint density at radius 2 is 2.40 bits per heavy atom. The van der Waals surface area contributed by atoms with Crippen molar-refractivity contribution in [3.8, 4) is 0 Å². The normalized spacial score (nSPS) is 29.7. The molecule has 2 fully saturated rings. The van der Waals surface area contributed by atoms with Gasteiger partial charge in [0.25, 0.3) is 0 Å². The maximum atomic E-state index is 11.2. The van der Waals surface area contributed by atoms with Crippen LogP contribution in [-0.4, -0.2) is 46.7 Å². The van der Waals surface area contributed by atoms with E-state index in [1.54, 1.807) is 30.1 Å². The van der Waals surface area contributed by atoms with Gasteiger partial charge in [-0.15, -0.1) is 11.8 Å². The molecule has 0 bridgehead atoms. The molecule has 6 heteroatoms. The average molecular weight is 295 g/mol. The van der Waals surface area contributed by atoms with Gasteiger partial charge in [-0.25, -0.2) is 9.78 Å². The Morgan fingerprint density at radius 1 is 1.50 bits per heavy atom. The second-order valence-electron chi connectivity index (χ2n) is 5.23. The predicted octanol–water partition coefficient (Wildman–Crippen LogP) is 2.21. The molecule has 2 aliphatic rings. The number of carboxylic acids is 1. The fourth-order valence-electron chi connectivity index (χ4n) is 2.75. The van der Waals surface area contributed by atoms with E-state index in [0.717, 1.165) is 25.9 Å². The molecule has 5 nitrogen and oxygen atoms in total. The van der Waals surface area contributed by atoms with Gasteiger partial charge in [0.15, 0.2) is 0 Å². The molecule has 0 aliphatic carbocycles. The van der Waals surface area contributed by atoms with Crippen LogP contribution in [-0.2, 0) is 9.47 Å². The Balaban J connectivity index is 1.73. The first kappa shape index (κ1) is 13.9. The monoisotopic (exact) mass is 295 g/mol. The van der Waals surface area contributed by atoms with Gasteiger partial charge in [-0.3, -0.25) is 0 Å². The molecule has 1 aromatic heterocycles. The van der Waals surface area contributed by atoms with Gasteiger partial charge in [0.1, 0.15) is 5.03 Å². The van der Waals surface area contributed by atoms with Crippen LogP contribution in [0.1, 0.15) is 29.6 Å². The minimum Gasteiger partial charge on any atom is -0.478 e. The van der Waals surface area contributed by atoms with Crippen molar-refractivity contribution in [2.24, 2.45) is 0 Å². The van der Waals surface area contributed by atoms with Crippen LogP contribution in [0.4, 0.5) is 0 Å². The number of nitrogens with zero attached hydrogens (tertiary/aromatic N) is 1. The number of aromatic carboxylic acids is 1. The molecular formula is C14H17NO4S. The summed E-state index contributed by atoms with van der Waals surface area (Å²) in [5.74, 6) is -0.924. The van der Waals surface area contributed by atoms with E-state index in [2.05, 4.69) is 4.98 Å². The summed E-state index contributed by atoms with van der Waals surface area (Å²) in [7, 11) is 0.